The van der Waals surface area contributed by atoms with Gasteiger partial charge in [0.15, 0.2) is 0 Å². The van der Waals surface area contributed by atoms with Crippen molar-refractivity contribution in [2.24, 2.45) is 4.99 Å². The molecule has 0 aliphatic rings. The van der Waals surface area contributed by atoms with Gasteiger partial charge in [-0.3, -0.25) is 4.99 Å². The second kappa shape index (κ2) is 7.60. The van der Waals surface area contributed by atoms with Gasteiger partial charge in [0.1, 0.15) is 12.4 Å². The number of benzene rings is 3. The van der Waals surface area contributed by atoms with Crippen molar-refractivity contribution in [3.8, 4) is 5.75 Å². The molecular weight excluding hydrogens is 294 g/mol. The second-order valence-electron chi connectivity index (χ2n) is 5.86. The van der Waals surface area contributed by atoms with E-state index < -0.39 is 0 Å². The molecule has 0 unspecified atom stereocenters. The summed E-state index contributed by atoms with van der Waals surface area (Å²) >= 11 is 0. The lowest BCUT2D eigenvalue weighted by Gasteiger charge is -2.09. The zero-order valence-corrected chi connectivity index (χ0v) is 14.1. The molecule has 0 aromatic heterocycles. The van der Waals surface area contributed by atoms with Crippen LogP contribution in [-0.4, -0.2) is 6.21 Å². The van der Waals surface area contributed by atoms with Gasteiger partial charge in [0, 0.05) is 11.8 Å². The van der Waals surface area contributed by atoms with Gasteiger partial charge in [0.05, 0.1) is 5.69 Å². The van der Waals surface area contributed by atoms with Crippen LogP contribution >= 0.6 is 0 Å². The van der Waals surface area contributed by atoms with Crippen molar-refractivity contribution in [2.75, 3.05) is 0 Å². The summed E-state index contributed by atoms with van der Waals surface area (Å²) in [5, 5.41) is 0. The Morgan fingerprint density at radius 1 is 0.875 bits per heavy atom. The molecule has 3 aromatic carbocycles. The van der Waals surface area contributed by atoms with E-state index in [0.717, 1.165) is 22.6 Å². The minimum absolute atomic E-state index is 0.551. The summed E-state index contributed by atoms with van der Waals surface area (Å²) in [5.74, 6) is 0.843. The first-order valence-corrected chi connectivity index (χ1v) is 8.09. The van der Waals surface area contributed by atoms with Crippen molar-refractivity contribution in [1.82, 2.24) is 0 Å². The summed E-state index contributed by atoms with van der Waals surface area (Å²) in [4.78, 5) is 4.65. The third kappa shape index (κ3) is 4.11. The van der Waals surface area contributed by atoms with Crippen LogP contribution in [0.15, 0.2) is 77.8 Å². The lowest BCUT2D eigenvalue weighted by molar-refractivity contribution is 0.306. The van der Waals surface area contributed by atoms with Gasteiger partial charge in [-0.05, 0) is 48.7 Å². The fraction of sp³-hybridized carbons (Fsp3) is 0.136. The predicted octanol–water partition coefficient (Wildman–Crippen LogP) is 5.63. The number of rotatable bonds is 5. The van der Waals surface area contributed by atoms with E-state index in [9.17, 15) is 0 Å². The fourth-order valence-corrected chi connectivity index (χ4v) is 2.45. The topological polar surface area (TPSA) is 21.6 Å². The highest BCUT2D eigenvalue weighted by Gasteiger charge is 2.02. The van der Waals surface area contributed by atoms with Gasteiger partial charge < -0.3 is 4.74 Å². The lowest BCUT2D eigenvalue weighted by Crippen LogP contribution is -1.98. The first-order chi connectivity index (χ1) is 11.7. The third-order valence-corrected chi connectivity index (χ3v) is 3.86. The Labute approximate surface area is 143 Å². The van der Waals surface area contributed by atoms with Crippen LogP contribution in [0, 0.1) is 13.8 Å². The van der Waals surface area contributed by atoms with Gasteiger partial charge in [-0.2, -0.15) is 0 Å². The molecule has 0 fully saturated rings. The fourth-order valence-electron chi connectivity index (χ4n) is 2.45. The van der Waals surface area contributed by atoms with Gasteiger partial charge in [0.2, 0.25) is 0 Å². The number of ether oxygens (including phenoxy) is 1. The van der Waals surface area contributed by atoms with Crippen LogP contribution in [0.5, 0.6) is 5.75 Å². The normalized spacial score (nSPS) is 10.9. The molecule has 0 saturated heterocycles. The number of aliphatic imine (C=N–C) groups is 1. The van der Waals surface area contributed by atoms with E-state index in [1.54, 1.807) is 0 Å². The molecular formula is C22H21NO. The highest BCUT2D eigenvalue weighted by molar-refractivity contribution is 5.85. The van der Waals surface area contributed by atoms with Crippen molar-refractivity contribution >= 4 is 11.9 Å². The molecule has 24 heavy (non-hydrogen) atoms. The number of nitrogens with zero attached hydrogens (tertiary/aromatic N) is 1. The quantitative estimate of drug-likeness (QED) is 0.559. The van der Waals surface area contributed by atoms with E-state index in [2.05, 4.69) is 49.2 Å². The Balaban J connectivity index is 1.79. The van der Waals surface area contributed by atoms with Crippen LogP contribution in [-0.2, 0) is 6.61 Å². The van der Waals surface area contributed by atoms with Gasteiger partial charge >= 0.3 is 0 Å². The molecule has 0 heterocycles. The summed E-state index contributed by atoms with van der Waals surface area (Å²) in [6, 6.07) is 24.5. The summed E-state index contributed by atoms with van der Waals surface area (Å²) in [6.45, 7) is 4.70. The molecule has 0 spiro atoms. The van der Waals surface area contributed by atoms with E-state index in [-0.39, 0.29) is 0 Å². The van der Waals surface area contributed by atoms with E-state index in [1.807, 2.05) is 48.7 Å². The van der Waals surface area contributed by atoms with E-state index in [0.29, 0.717) is 6.61 Å². The number of hydrogen-bond donors (Lipinski definition) is 0. The van der Waals surface area contributed by atoms with Crippen molar-refractivity contribution in [2.45, 2.75) is 20.5 Å². The number of aryl methyl sites for hydroxylation is 2. The molecule has 0 aliphatic carbocycles. The largest absolute Gasteiger partial charge is 0.488 e. The third-order valence-electron chi connectivity index (χ3n) is 3.86. The lowest BCUT2D eigenvalue weighted by atomic mass is 10.1. The summed E-state index contributed by atoms with van der Waals surface area (Å²) in [6.07, 6.45) is 1.88. The molecule has 0 amide bonds. The van der Waals surface area contributed by atoms with Crippen molar-refractivity contribution in [3.63, 3.8) is 0 Å². The SMILES string of the molecule is Cc1ccc(C)c(N=Cc2ccccc2OCc2ccccc2)c1. The van der Waals surface area contributed by atoms with Crippen LogP contribution in [0.2, 0.25) is 0 Å². The monoisotopic (exact) mass is 315 g/mol. The maximum absolute atomic E-state index is 5.97. The molecule has 0 N–H and O–H groups in total. The molecule has 2 heteroatoms. The Bertz CT molecular complexity index is 838. The first kappa shape index (κ1) is 16.0. The molecule has 0 saturated carbocycles. The van der Waals surface area contributed by atoms with Gasteiger partial charge in [0.25, 0.3) is 0 Å². The minimum atomic E-state index is 0.551. The Morgan fingerprint density at radius 2 is 1.62 bits per heavy atom. The highest BCUT2D eigenvalue weighted by atomic mass is 16.5. The van der Waals surface area contributed by atoms with E-state index >= 15 is 0 Å². The maximum Gasteiger partial charge on any atom is 0.128 e. The number of hydrogen-bond acceptors (Lipinski definition) is 2. The molecule has 2 nitrogen and oxygen atoms in total. The Morgan fingerprint density at radius 3 is 2.46 bits per heavy atom. The summed E-state index contributed by atoms with van der Waals surface area (Å²) in [5.41, 5.74) is 5.50. The molecule has 120 valence electrons. The second-order valence-corrected chi connectivity index (χ2v) is 5.86. The Hall–Kier alpha value is -2.87. The van der Waals surface area contributed by atoms with E-state index in [4.69, 9.17) is 4.74 Å². The maximum atomic E-state index is 5.97. The van der Waals surface area contributed by atoms with Crippen molar-refractivity contribution < 1.29 is 4.74 Å². The first-order valence-electron chi connectivity index (χ1n) is 8.09. The summed E-state index contributed by atoms with van der Waals surface area (Å²) in [7, 11) is 0. The van der Waals surface area contributed by atoms with Gasteiger partial charge in [-0.25, -0.2) is 0 Å². The summed E-state index contributed by atoms with van der Waals surface area (Å²) < 4.78 is 5.97. The zero-order valence-electron chi connectivity index (χ0n) is 14.1. The van der Waals surface area contributed by atoms with Gasteiger partial charge in [-0.15, -0.1) is 0 Å². The highest BCUT2D eigenvalue weighted by Crippen LogP contribution is 2.22. The minimum Gasteiger partial charge on any atom is -0.488 e. The van der Waals surface area contributed by atoms with Crippen LogP contribution in [0.1, 0.15) is 22.3 Å². The van der Waals surface area contributed by atoms with Gasteiger partial charge in [-0.1, -0.05) is 54.6 Å². The van der Waals surface area contributed by atoms with Crippen LogP contribution in [0.4, 0.5) is 5.69 Å². The molecule has 0 radical (unpaired) electrons. The van der Waals surface area contributed by atoms with Crippen LogP contribution in [0.3, 0.4) is 0 Å². The van der Waals surface area contributed by atoms with E-state index in [1.165, 1.54) is 11.1 Å². The molecule has 0 atom stereocenters. The molecule has 0 bridgehead atoms. The average molecular weight is 315 g/mol. The van der Waals surface area contributed by atoms with Crippen LogP contribution in [0.25, 0.3) is 0 Å². The number of para-hydroxylation sites is 1. The standard InChI is InChI=1S/C22H21NO/c1-17-12-13-18(2)21(14-17)23-15-20-10-6-7-11-22(20)24-16-19-8-4-3-5-9-19/h3-15H,16H2,1-2H3. The van der Waals surface area contributed by atoms with Crippen LogP contribution < -0.4 is 4.74 Å². The predicted molar refractivity (Wildman–Crippen MR) is 100 cm³/mol. The zero-order chi connectivity index (χ0) is 16.8. The van der Waals surface area contributed by atoms with Crippen molar-refractivity contribution in [3.05, 3.63) is 95.1 Å². The van der Waals surface area contributed by atoms with Crippen molar-refractivity contribution in [1.29, 1.82) is 0 Å². The molecule has 3 aromatic rings. The average Bonchev–Trinajstić information content (AvgIpc) is 2.62. The Kier molecular flexibility index (Phi) is 5.07. The molecule has 0 aliphatic heterocycles. The molecule has 3 rings (SSSR count). The smallest absolute Gasteiger partial charge is 0.128 e.